The summed E-state index contributed by atoms with van der Waals surface area (Å²) in [6.07, 6.45) is 4.16. The van der Waals surface area contributed by atoms with E-state index >= 15 is 0 Å². The maximum absolute atomic E-state index is 12.2. The Kier molecular flexibility index (Phi) is 7.23. The molecule has 0 aliphatic rings. The van der Waals surface area contributed by atoms with Crippen molar-refractivity contribution in [3.63, 3.8) is 0 Å². The van der Waals surface area contributed by atoms with Crippen LogP contribution in [0.15, 0.2) is 34.2 Å². The Bertz CT molecular complexity index is 810. The minimum absolute atomic E-state index is 0.0712. The number of H-pyrrole nitrogens is 1. The SMILES string of the molecule is CCCCN(CC)Cc1ccccc1-c1nc(SC)[nH]c(=O)c1C#N. The summed E-state index contributed by atoms with van der Waals surface area (Å²) in [5.41, 5.74) is 2.10. The summed E-state index contributed by atoms with van der Waals surface area (Å²) in [5, 5.41) is 9.95. The van der Waals surface area contributed by atoms with E-state index < -0.39 is 0 Å². The van der Waals surface area contributed by atoms with Gasteiger partial charge in [0.1, 0.15) is 11.6 Å². The van der Waals surface area contributed by atoms with Gasteiger partial charge in [-0.05, 0) is 31.3 Å². The molecule has 0 saturated heterocycles. The third-order valence-electron chi connectivity index (χ3n) is 4.14. The zero-order chi connectivity index (χ0) is 18.2. The van der Waals surface area contributed by atoms with Crippen molar-refractivity contribution in [2.45, 2.75) is 38.4 Å². The molecule has 0 fully saturated rings. The molecule has 0 saturated carbocycles. The highest BCUT2D eigenvalue weighted by Gasteiger charge is 2.17. The standard InChI is InChI=1S/C19H24N4OS/c1-4-6-11-23(5-2)13-14-9-7-8-10-15(14)17-16(12-20)18(24)22-19(21-17)25-3/h7-10H,4-6,11,13H2,1-3H3,(H,21,22,24). The number of hydrogen-bond donors (Lipinski definition) is 1. The van der Waals surface area contributed by atoms with Crippen molar-refractivity contribution >= 4 is 11.8 Å². The largest absolute Gasteiger partial charge is 0.300 e. The molecule has 25 heavy (non-hydrogen) atoms. The van der Waals surface area contributed by atoms with E-state index in [0.717, 1.165) is 43.6 Å². The molecule has 2 aromatic rings. The third-order valence-corrected chi connectivity index (χ3v) is 4.72. The van der Waals surface area contributed by atoms with Crippen LogP contribution < -0.4 is 5.56 Å². The second-order valence-electron chi connectivity index (χ2n) is 5.79. The number of unbranched alkanes of at least 4 members (excludes halogenated alkanes) is 1. The molecule has 0 unspecified atom stereocenters. The summed E-state index contributed by atoms with van der Waals surface area (Å²) >= 11 is 1.36. The van der Waals surface area contributed by atoms with Crippen LogP contribution in [-0.2, 0) is 6.54 Å². The smallest absolute Gasteiger partial charge is 0.270 e. The van der Waals surface area contributed by atoms with Crippen molar-refractivity contribution < 1.29 is 0 Å². The third kappa shape index (κ3) is 4.71. The van der Waals surface area contributed by atoms with Crippen LogP contribution in [-0.4, -0.2) is 34.2 Å². The summed E-state index contributed by atoms with van der Waals surface area (Å²) in [6.45, 7) is 7.10. The first-order chi connectivity index (χ1) is 12.1. The van der Waals surface area contributed by atoms with Gasteiger partial charge in [0.25, 0.3) is 5.56 Å². The molecule has 6 heteroatoms. The number of hydrogen-bond acceptors (Lipinski definition) is 5. The fourth-order valence-corrected chi connectivity index (χ4v) is 3.09. The van der Waals surface area contributed by atoms with Gasteiger partial charge in [0.15, 0.2) is 5.16 Å². The van der Waals surface area contributed by atoms with E-state index in [1.165, 1.54) is 11.8 Å². The van der Waals surface area contributed by atoms with Crippen molar-refractivity contribution in [3.05, 3.63) is 45.7 Å². The molecule has 0 amide bonds. The van der Waals surface area contributed by atoms with Crippen LogP contribution in [0.4, 0.5) is 0 Å². The van der Waals surface area contributed by atoms with Crippen molar-refractivity contribution in [2.24, 2.45) is 0 Å². The summed E-state index contributed by atoms with van der Waals surface area (Å²) in [6, 6.07) is 9.91. The molecule has 0 radical (unpaired) electrons. The molecule has 5 nitrogen and oxygen atoms in total. The highest BCUT2D eigenvalue weighted by Crippen LogP contribution is 2.26. The number of nitrogens with zero attached hydrogens (tertiary/aromatic N) is 3. The van der Waals surface area contributed by atoms with Gasteiger partial charge in [0, 0.05) is 12.1 Å². The molecule has 0 spiro atoms. The van der Waals surface area contributed by atoms with E-state index in [-0.39, 0.29) is 11.1 Å². The minimum atomic E-state index is -0.384. The van der Waals surface area contributed by atoms with Gasteiger partial charge >= 0.3 is 0 Å². The first-order valence-corrected chi connectivity index (χ1v) is 9.76. The normalized spacial score (nSPS) is 10.8. The predicted molar refractivity (Wildman–Crippen MR) is 103 cm³/mol. The van der Waals surface area contributed by atoms with Crippen molar-refractivity contribution in [3.8, 4) is 17.3 Å². The number of benzene rings is 1. The van der Waals surface area contributed by atoms with Gasteiger partial charge < -0.3 is 4.98 Å². The molecule has 2 rings (SSSR count). The predicted octanol–water partition coefficient (Wildman–Crippen LogP) is 3.65. The second-order valence-corrected chi connectivity index (χ2v) is 6.59. The summed E-state index contributed by atoms with van der Waals surface area (Å²) in [4.78, 5) is 21.8. The molecule has 1 N–H and O–H groups in total. The lowest BCUT2D eigenvalue weighted by molar-refractivity contribution is 0.275. The molecule has 0 aliphatic heterocycles. The first-order valence-electron chi connectivity index (χ1n) is 8.53. The Morgan fingerprint density at radius 1 is 1.32 bits per heavy atom. The van der Waals surface area contributed by atoms with E-state index in [9.17, 15) is 10.1 Å². The van der Waals surface area contributed by atoms with Crippen molar-refractivity contribution in [1.82, 2.24) is 14.9 Å². The second kappa shape index (κ2) is 9.40. The maximum Gasteiger partial charge on any atom is 0.270 e. The highest BCUT2D eigenvalue weighted by molar-refractivity contribution is 7.98. The monoisotopic (exact) mass is 356 g/mol. The van der Waals surface area contributed by atoms with Crippen LogP contribution in [0, 0.1) is 11.3 Å². The van der Waals surface area contributed by atoms with Gasteiger partial charge in [-0.25, -0.2) is 4.98 Å². The van der Waals surface area contributed by atoms with Gasteiger partial charge in [-0.1, -0.05) is 56.3 Å². The average molecular weight is 356 g/mol. The highest BCUT2D eigenvalue weighted by atomic mass is 32.2. The topological polar surface area (TPSA) is 72.8 Å². The fourth-order valence-electron chi connectivity index (χ4n) is 2.71. The zero-order valence-electron chi connectivity index (χ0n) is 15.0. The number of thioether (sulfide) groups is 1. The molecule has 0 atom stereocenters. The van der Waals surface area contributed by atoms with Gasteiger partial charge in [-0.2, -0.15) is 5.26 Å². The first kappa shape index (κ1) is 19.2. The van der Waals surface area contributed by atoms with Crippen LogP contribution >= 0.6 is 11.8 Å². The van der Waals surface area contributed by atoms with Crippen LogP contribution in [0.1, 0.15) is 37.8 Å². The van der Waals surface area contributed by atoms with Crippen molar-refractivity contribution in [1.29, 1.82) is 5.26 Å². The van der Waals surface area contributed by atoms with Crippen LogP contribution in [0.25, 0.3) is 11.3 Å². The van der Waals surface area contributed by atoms with E-state index in [1.54, 1.807) is 0 Å². The van der Waals surface area contributed by atoms with E-state index in [2.05, 4.69) is 28.7 Å². The van der Waals surface area contributed by atoms with Crippen LogP contribution in [0.2, 0.25) is 0 Å². The minimum Gasteiger partial charge on any atom is -0.300 e. The number of nitriles is 1. The van der Waals surface area contributed by atoms with E-state index in [1.807, 2.05) is 36.6 Å². The van der Waals surface area contributed by atoms with Crippen molar-refractivity contribution in [2.75, 3.05) is 19.3 Å². The molecule has 1 aromatic heterocycles. The average Bonchev–Trinajstić information content (AvgIpc) is 2.64. The van der Waals surface area contributed by atoms with E-state index in [0.29, 0.717) is 10.9 Å². The summed E-state index contributed by atoms with van der Waals surface area (Å²) in [7, 11) is 0. The Morgan fingerprint density at radius 2 is 2.08 bits per heavy atom. The molecule has 1 aromatic carbocycles. The number of aromatic amines is 1. The number of aromatic nitrogens is 2. The molecular weight excluding hydrogens is 332 g/mol. The molecular formula is C19H24N4OS. The van der Waals surface area contributed by atoms with Gasteiger partial charge in [0.2, 0.25) is 0 Å². The van der Waals surface area contributed by atoms with E-state index in [4.69, 9.17) is 0 Å². The lowest BCUT2D eigenvalue weighted by Gasteiger charge is -2.22. The lowest BCUT2D eigenvalue weighted by Crippen LogP contribution is -2.24. The number of nitrogens with one attached hydrogen (secondary N) is 1. The summed E-state index contributed by atoms with van der Waals surface area (Å²) < 4.78 is 0. The quantitative estimate of drug-likeness (QED) is 0.577. The molecule has 132 valence electrons. The fraction of sp³-hybridized carbons (Fsp3) is 0.421. The van der Waals surface area contributed by atoms with Crippen LogP contribution in [0.3, 0.4) is 0 Å². The Hall–Kier alpha value is -2.10. The Balaban J connectivity index is 2.49. The van der Waals surface area contributed by atoms with Gasteiger partial charge in [0.05, 0.1) is 5.69 Å². The molecule has 0 aliphatic carbocycles. The van der Waals surface area contributed by atoms with Gasteiger partial charge in [-0.15, -0.1) is 0 Å². The maximum atomic E-state index is 12.2. The van der Waals surface area contributed by atoms with Gasteiger partial charge in [-0.3, -0.25) is 9.69 Å². The summed E-state index contributed by atoms with van der Waals surface area (Å²) in [5.74, 6) is 0. The lowest BCUT2D eigenvalue weighted by atomic mass is 10.0. The zero-order valence-corrected chi connectivity index (χ0v) is 15.8. The molecule has 1 heterocycles. The molecule has 0 bridgehead atoms. The Morgan fingerprint density at radius 3 is 2.72 bits per heavy atom. The van der Waals surface area contributed by atoms with Crippen LogP contribution in [0.5, 0.6) is 0 Å². The Labute approximate surface area is 153 Å². The number of rotatable bonds is 8.